The van der Waals surface area contributed by atoms with Crippen molar-refractivity contribution in [3.8, 4) is 16.9 Å². The van der Waals surface area contributed by atoms with Crippen LogP contribution in [0.3, 0.4) is 0 Å². The lowest BCUT2D eigenvalue weighted by Gasteiger charge is -2.18. The number of primary amides is 1. The smallest absolute Gasteiger partial charge is 0.253 e. The maximum absolute atomic E-state index is 12.6. The summed E-state index contributed by atoms with van der Waals surface area (Å²) in [6, 6.07) is 12.7. The van der Waals surface area contributed by atoms with Gasteiger partial charge in [0.05, 0.1) is 12.7 Å². The summed E-state index contributed by atoms with van der Waals surface area (Å²) in [7, 11) is 3.36. The Hall–Kier alpha value is -2.82. The highest BCUT2D eigenvalue weighted by Crippen LogP contribution is 2.51. The largest absolute Gasteiger partial charge is 0.496 e. The van der Waals surface area contributed by atoms with E-state index in [2.05, 4.69) is 13.8 Å². The Bertz CT molecular complexity index is 872. The normalized spacial score (nSPS) is 17.3. The molecule has 142 valence electrons. The molecule has 1 atom stereocenters. The summed E-state index contributed by atoms with van der Waals surface area (Å²) in [5.74, 6) is 0.516. The number of benzene rings is 2. The van der Waals surface area contributed by atoms with Crippen LogP contribution in [0.4, 0.5) is 0 Å². The fourth-order valence-electron chi connectivity index (χ4n) is 3.41. The Morgan fingerprint density at radius 3 is 2.26 bits per heavy atom. The highest BCUT2D eigenvalue weighted by Gasteiger charge is 2.46. The first-order valence-electron chi connectivity index (χ1n) is 9.06. The third kappa shape index (κ3) is 3.97. The molecule has 2 N–H and O–H groups in total. The van der Waals surface area contributed by atoms with Gasteiger partial charge in [0.25, 0.3) is 11.8 Å². The molecule has 0 spiro atoms. The molecule has 2 aromatic carbocycles. The van der Waals surface area contributed by atoms with Crippen LogP contribution in [0.15, 0.2) is 42.5 Å². The van der Waals surface area contributed by atoms with Crippen molar-refractivity contribution in [3.05, 3.63) is 53.6 Å². The van der Waals surface area contributed by atoms with Gasteiger partial charge in [0.15, 0.2) is 0 Å². The van der Waals surface area contributed by atoms with Gasteiger partial charge in [-0.25, -0.2) is 0 Å². The predicted molar refractivity (Wildman–Crippen MR) is 106 cm³/mol. The Balaban J connectivity index is 1.76. The quantitative estimate of drug-likeness (QED) is 0.849. The Labute approximate surface area is 160 Å². The molecule has 0 heterocycles. The zero-order valence-electron chi connectivity index (χ0n) is 16.3. The number of rotatable bonds is 6. The van der Waals surface area contributed by atoms with E-state index in [0.29, 0.717) is 28.2 Å². The van der Waals surface area contributed by atoms with Crippen LogP contribution in [0.2, 0.25) is 0 Å². The van der Waals surface area contributed by atoms with Gasteiger partial charge in [-0.15, -0.1) is 0 Å². The second-order valence-electron chi connectivity index (χ2n) is 7.93. The fraction of sp³-hybridized carbons (Fsp3) is 0.364. The second kappa shape index (κ2) is 7.06. The molecule has 1 saturated carbocycles. The van der Waals surface area contributed by atoms with E-state index >= 15 is 0 Å². The Morgan fingerprint density at radius 1 is 1.15 bits per heavy atom. The molecular weight excluding hydrogens is 340 g/mol. The molecule has 0 aliphatic heterocycles. The summed E-state index contributed by atoms with van der Waals surface area (Å²) in [6.07, 6.45) is 1.17. The maximum atomic E-state index is 12.6. The lowest BCUT2D eigenvalue weighted by atomic mass is 10.0. The van der Waals surface area contributed by atoms with Crippen LogP contribution in [-0.2, 0) is 0 Å². The molecule has 5 heteroatoms. The van der Waals surface area contributed by atoms with Gasteiger partial charge in [-0.2, -0.15) is 0 Å². The molecule has 1 aliphatic rings. The van der Waals surface area contributed by atoms with E-state index in [9.17, 15) is 9.59 Å². The highest BCUT2D eigenvalue weighted by atomic mass is 16.5. The summed E-state index contributed by atoms with van der Waals surface area (Å²) in [6.45, 7) is 5.26. The molecule has 27 heavy (non-hydrogen) atoms. The number of methoxy groups -OCH3 is 1. The molecule has 1 unspecified atom stereocenters. The van der Waals surface area contributed by atoms with Crippen molar-refractivity contribution in [1.82, 2.24) is 4.90 Å². The van der Waals surface area contributed by atoms with Gasteiger partial charge in [0.2, 0.25) is 0 Å². The van der Waals surface area contributed by atoms with Gasteiger partial charge in [-0.3, -0.25) is 9.59 Å². The van der Waals surface area contributed by atoms with Gasteiger partial charge in [-0.05, 0) is 53.1 Å². The average molecular weight is 366 g/mol. The number of carbonyl (C=O) groups is 2. The SMILES string of the molecule is COc1ccc(-c2ccc(C(=O)N(C)CC3CC3(C)C)cc2)cc1C(N)=O. The molecule has 0 saturated heterocycles. The van der Waals surface area contributed by atoms with E-state index in [1.165, 1.54) is 13.5 Å². The molecule has 2 amide bonds. The van der Waals surface area contributed by atoms with Gasteiger partial charge in [0, 0.05) is 19.2 Å². The van der Waals surface area contributed by atoms with Crippen LogP contribution >= 0.6 is 0 Å². The van der Waals surface area contributed by atoms with Crippen molar-refractivity contribution in [1.29, 1.82) is 0 Å². The van der Waals surface area contributed by atoms with Crippen molar-refractivity contribution in [2.24, 2.45) is 17.1 Å². The van der Waals surface area contributed by atoms with Crippen LogP contribution < -0.4 is 10.5 Å². The summed E-state index contributed by atoms with van der Waals surface area (Å²) in [5, 5.41) is 0. The lowest BCUT2D eigenvalue weighted by Crippen LogP contribution is -2.29. The van der Waals surface area contributed by atoms with Gasteiger partial charge in [-0.1, -0.05) is 32.0 Å². The third-order valence-corrected chi connectivity index (χ3v) is 5.49. The number of carbonyl (C=O) groups excluding carboxylic acids is 2. The monoisotopic (exact) mass is 366 g/mol. The van der Waals surface area contributed by atoms with Crippen LogP contribution in [0, 0.1) is 11.3 Å². The minimum Gasteiger partial charge on any atom is -0.496 e. The molecule has 5 nitrogen and oxygen atoms in total. The standard InChI is InChI=1S/C22H26N2O3/c1-22(2)12-17(22)13-24(3)21(26)15-7-5-14(6-8-15)16-9-10-19(27-4)18(11-16)20(23)25/h5-11,17H,12-13H2,1-4H3,(H2,23,25). The predicted octanol–water partition coefficient (Wildman–Crippen LogP) is 3.58. The molecule has 0 bridgehead atoms. The van der Waals surface area contributed by atoms with Gasteiger partial charge >= 0.3 is 0 Å². The number of nitrogens with two attached hydrogens (primary N) is 1. The number of nitrogens with zero attached hydrogens (tertiary/aromatic N) is 1. The summed E-state index contributed by atoms with van der Waals surface area (Å²) >= 11 is 0. The summed E-state index contributed by atoms with van der Waals surface area (Å²) in [5.41, 5.74) is 8.52. The van der Waals surface area contributed by atoms with E-state index in [0.717, 1.165) is 17.7 Å². The fourth-order valence-corrected chi connectivity index (χ4v) is 3.41. The van der Waals surface area contributed by atoms with Crippen molar-refractivity contribution in [2.45, 2.75) is 20.3 Å². The zero-order chi connectivity index (χ0) is 19.8. The third-order valence-electron chi connectivity index (χ3n) is 5.49. The lowest BCUT2D eigenvalue weighted by molar-refractivity contribution is 0.0784. The first kappa shape index (κ1) is 19.0. The Morgan fingerprint density at radius 2 is 1.74 bits per heavy atom. The van der Waals surface area contributed by atoms with Crippen molar-refractivity contribution < 1.29 is 14.3 Å². The number of amides is 2. The van der Waals surface area contributed by atoms with Gasteiger partial charge < -0.3 is 15.4 Å². The van der Waals surface area contributed by atoms with Crippen LogP contribution in [-0.4, -0.2) is 37.4 Å². The van der Waals surface area contributed by atoms with E-state index in [1.807, 2.05) is 37.4 Å². The molecule has 2 aromatic rings. The van der Waals surface area contributed by atoms with Crippen LogP contribution in [0.25, 0.3) is 11.1 Å². The molecule has 0 radical (unpaired) electrons. The number of ether oxygens (including phenoxy) is 1. The molecule has 1 fully saturated rings. The highest BCUT2D eigenvalue weighted by molar-refractivity contribution is 5.97. The molecule has 3 rings (SSSR count). The van der Waals surface area contributed by atoms with E-state index in [4.69, 9.17) is 10.5 Å². The first-order valence-corrected chi connectivity index (χ1v) is 9.06. The minimum atomic E-state index is -0.537. The molecular formula is C22H26N2O3. The minimum absolute atomic E-state index is 0.0248. The first-order chi connectivity index (χ1) is 12.7. The van der Waals surface area contributed by atoms with Crippen LogP contribution in [0.1, 0.15) is 41.0 Å². The molecule has 1 aliphatic carbocycles. The summed E-state index contributed by atoms with van der Waals surface area (Å²) < 4.78 is 5.17. The van der Waals surface area contributed by atoms with Crippen molar-refractivity contribution in [3.63, 3.8) is 0 Å². The number of hydrogen-bond acceptors (Lipinski definition) is 3. The topological polar surface area (TPSA) is 72.6 Å². The Kier molecular flexibility index (Phi) is 4.96. The zero-order valence-corrected chi connectivity index (χ0v) is 16.3. The molecule has 0 aromatic heterocycles. The summed E-state index contributed by atoms with van der Waals surface area (Å²) in [4.78, 5) is 26.1. The maximum Gasteiger partial charge on any atom is 0.253 e. The van der Waals surface area contributed by atoms with Gasteiger partial charge in [0.1, 0.15) is 5.75 Å². The second-order valence-corrected chi connectivity index (χ2v) is 7.93. The van der Waals surface area contributed by atoms with Crippen molar-refractivity contribution >= 4 is 11.8 Å². The average Bonchev–Trinajstić information content (AvgIpc) is 3.26. The van der Waals surface area contributed by atoms with E-state index < -0.39 is 5.91 Å². The van der Waals surface area contributed by atoms with Crippen LogP contribution in [0.5, 0.6) is 5.75 Å². The van der Waals surface area contributed by atoms with Crippen molar-refractivity contribution in [2.75, 3.05) is 20.7 Å². The van der Waals surface area contributed by atoms with E-state index in [1.54, 1.807) is 17.0 Å². The van der Waals surface area contributed by atoms with E-state index in [-0.39, 0.29) is 5.91 Å². The number of hydrogen-bond donors (Lipinski definition) is 1.